The van der Waals surface area contributed by atoms with E-state index in [9.17, 15) is 4.79 Å². The van der Waals surface area contributed by atoms with E-state index in [4.69, 9.17) is 4.74 Å². The van der Waals surface area contributed by atoms with Gasteiger partial charge in [0, 0.05) is 6.08 Å². The van der Waals surface area contributed by atoms with Gasteiger partial charge in [-0.05, 0) is 24.2 Å². The molecule has 1 rings (SSSR count). The Balaban J connectivity index is 2.53. The molecule has 0 saturated heterocycles. The molecule has 0 aromatic rings. The van der Waals surface area contributed by atoms with Crippen molar-refractivity contribution >= 4 is 5.97 Å². The van der Waals surface area contributed by atoms with Crippen molar-refractivity contribution in [1.29, 1.82) is 0 Å². The molecular formula is C11H18O2. The maximum absolute atomic E-state index is 11.0. The molecule has 1 aliphatic rings. The smallest absolute Gasteiger partial charge is 0.330 e. The van der Waals surface area contributed by atoms with Crippen molar-refractivity contribution in [2.75, 3.05) is 0 Å². The van der Waals surface area contributed by atoms with Crippen molar-refractivity contribution in [3.63, 3.8) is 0 Å². The molecule has 0 N–H and O–H groups in total. The second-order valence-electron chi connectivity index (χ2n) is 4.73. The summed E-state index contributed by atoms with van der Waals surface area (Å²) in [6, 6.07) is 0. The quantitative estimate of drug-likeness (QED) is 0.484. The first-order valence-electron chi connectivity index (χ1n) is 4.78. The highest BCUT2D eigenvalue weighted by Gasteiger charge is 2.38. The minimum Gasteiger partial charge on any atom is -0.459 e. The van der Waals surface area contributed by atoms with E-state index in [1.165, 1.54) is 6.08 Å². The van der Waals surface area contributed by atoms with E-state index in [2.05, 4.69) is 27.4 Å². The molecule has 1 aliphatic carbocycles. The number of ether oxygens (including phenoxy) is 1. The lowest BCUT2D eigenvalue weighted by Crippen LogP contribution is -2.19. The van der Waals surface area contributed by atoms with E-state index in [-0.39, 0.29) is 12.1 Å². The summed E-state index contributed by atoms with van der Waals surface area (Å²) in [5, 5.41) is 0. The average Bonchev–Trinajstić information content (AvgIpc) is 2.24. The highest BCUT2D eigenvalue weighted by atomic mass is 16.5. The van der Waals surface area contributed by atoms with Gasteiger partial charge in [-0.3, -0.25) is 0 Å². The van der Waals surface area contributed by atoms with Crippen LogP contribution < -0.4 is 0 Å². The molecule has 0 aromatic carbocycles. The minimum absolute atomic E-state index is 0.0838. The summed E-state index contributed by atoms with van der Waals surface area (Å²) in [5.41, 5.74) is 0.311. The molecule has 1 fully saturated rings. The van der Waals surface area contributed by atoms with Gasteiger partial charge in [0.1, 0.15) is 6.10 Å². The highest BCUT2D eigenvalue weighted by Crippen LogP contribution is 2.42. The molecule has 0 aliphatic heterocycles. The summed E-state index contributed by atoms with van der Waals surface area (Å²) in [4.78, 5) is 11.0. The monoisotopic (exact) mass is 182 g/mol. The van der Waals surface area contributed by atoms with Gasteiger partial charge in [-0.25, -0.2) is 4.79 Å². The molecule has 0 heterocycles. The second-order valence-corrected chi connectivity index (χ2v) is 4.73. The molecule has 0 spiro atoms. The van der Waals surface area contributed by atoms with Crippen LogP contribution in [0.15, 0.2) is 12.7 Å². The normalized spacial score (nSPS) is 31.3. The number of hydrogen-bond donors (Lipinski definition) is 0. The van der Waals surface area contributed by atoms with E-state index in [0.717, 1.165) is 12.8 Å². The fourth-order valence-electron chi connectivity index (χ4n) is 2.19. The standard InChI is InChI=1S/C11H18O2/c1-5-10(12)13-9-7-11(3,4)6-8(9)2/h5,8-9H,1,6-7H2,2-4H3. The van der Waals surface area contributed by atoms with Gasteiger partial charge >= 0.3 is 5.97 Å². The summed E-state index contributed by atoms with van der Waals surface area (Å²) in [6.45, 7) is 9.95. The van der Waals surface area contributed by atoms with Gasteiger partial charge in [0.2, 0.25) is 0 Å². The fraction of sp³-hybridized carbons (Fsp3) is 0.727. The third-order valence-corrected chi connectivity index (χ3v) is 2.70. The van der Waals surface area contributed by atoms with E-state index < -0.39 is 0 Å². The second kappa shape index (κ2) is 3.52. The van der Waals surface area contributed by atoms with Gasteiger partial charge in [-0.1, -0.05) is 27.4 Å². The van der Waals surface area contributed by atoms with Crippen molar-refractivity contribution in [2.24, 2.45) is 11.3 Å². The lowest BCUT2D eigenvalue weighted by Gasteiger charge is -2.16. The molecule has 2 atom stereocenters. The Morgan fingerprint density at radius 2 is 2.15 bits per heavy atom. The lowest BCUT2D eigenvalue weighted by molar-refractivity contribution is -0.144. The third kappa shape index (κ3) is 2.58. The fourth-order valence-corrected chi connectivity index (χ4v) is 2.19. The van der Waals surface area contributed by atoms with Gasteiger partial charge in [-0.2, -0.15) is 0 Å². The Hall–Kier alpha value is -0.790. The van der Waals surface area contributed by atoms with Gasteiger partial charge in [-0.15, -0.1) is 0 Å². The van der Waals surface area contributed by atoms with Gasteiger partial charge in [0.05, 0.1) is 0 Å². The summed E-state index contributed by atoms with van der Waals surface area (Å²) in [5.74, 6) is 0.174. The molecule has 2 nitrogen and oxygen atoms in total. The van der Waals surface area contributed by atoms with E-state index >= 15 is 0 Å². The van der Waals surface area contributed by atoms with E-state index in [1.54, 1.807) is 0 Å². The zero-order valence-corrected chi connectivity index (χ0v) is 8.67. The summed E-state index contributed by atoms with van der Waals surface area (Å²) in [7, 11) is 0. The molecule has 0 bridgehead atoms. The molecule has 74 valence electrons. The third-order valence-electron chi connectivity index (χ3n) is 2.70. The van der Waals surface area contributed by atoms with Crippen LogP contribution in [0.2, 0.25) is 0 Å². The Kier molecular flexibility index (Phi) is 2.79. The Bertz CT molecular complexity index is 218. The van der Waals surface area contributed by atoms with Crippen LogP contribution in [-0.4, -0.2) is 12.1 Å². The molecular weight excluding hydrogens is 164 g/mol. The number of carbonyl (C=O) groups excluding carboxylic acids is 1. The molecule has 13 heavy (non-hydrogen) atoms. The Labute approximate surface area is 80.0 Å². The van der Waals surface area contributed by atoms with Crippen molar-refractivity contribution in [3.8, 4) is 0 Å². The molecule has 0 amide bonds. The van der Waals surface area contributed by atoms with Crippen LogP contribution in [0.5, 0.6) is 0 Å². The number of carbonyl (C=O) groups is 1. The average molecular weight is 182 g/mol. The zero-order valence-electron chi connectivity index (χ0n) is 8.67. The molecule has 2 unspecified atom stereocenters. The maximum Gasteiger partial charge on any atom is 0.330 e. The largest absolute Gasteiger partial charge is 0.459 e. The summed E-state index contributed by atoms with van der Waals surface area (Å²) < 4.78 is 5.25. The van der Waals surface area contributed by atoms with Crippen LogP contribution >= 0.6 is 0 Å². The molecule has 1 saturated carbocycles. The summed E-state index contributed by atoms with van der Waals surface area (Å²) in [6.07, 6.45) is 3.41. The Morgan fingerprint density at radius 3 is 2.54 bits per heavy atom. The predicted molar refractivity (Wildman–Crippen MR) is 52.3 cm³/mol. The van der Waals surface area contributed by atoms with Gasteiger partial charge in [0.15, 0.2) is 0 Å². The van der Waals surface area contributed by atoms with Crippen LogP contribution in [0.1, 0.15) is 33.6 Å². The minimum atomic E-state index is -0.297. The van der Waals surface area contributed by atoms with Crippen molar-refractivity contribution < 1.29 is 9.53 Å². The summed E-state index contributed by atoms with van der Waals surface area (Å²) >= 11 is 0. The van der Waals surface area contributed by atoms with Gasteiger partial charge < -0.3 is 4.74 Å². The van der Waals surface area contributed by atoms with Crippen molar-refractivity contribution in [1.82, 2.24) is 0 Å². The molecule has 0 aromatic heterocycles. The number of rotatable bonds is 2. The number of hydrogen-bond acceptors (Lipinski definition) is 2. The number of esters is 1. The SMILES string of the molecule is C=CC(=O)OC1CC(C)(C)CC1C. The van der Waals surface area contributed by atoms with Crippen LogP contribution in [0.4, 0.5) is 0 Å². The van der Waals surface area contributed by atoms with Crippen molar-refractivity contribution in [2.45, 2.75) is 39.7 Å². The van der Waals surface area contributed by atoms with Crippen LogP contribution in [0.25, 0.3) is 0 Å². The maximum atomic E-state index is 11.0. The molecule has 0 radical (unpaired) electrons. The lowest BCUT2D eigenvalue weighted by atomic mass is 9.91. The van der Waals surface area contributed by atoms with E-state index in [1.807, 2.05) is 0 Å². The van der Waals surface area contributed by atoms with Crippen LogP contribution in [0, 0.1) is 11.3 Å². The zero-order chi connectivity index (χ0) is 10.1. The van der Waals surface area contributed by atoms with Crippen LogP contribution in [-0.2, 0) is 9.53 Å². The highest BCUT2D eigenvalue weighted by molar-refractivity contribution is 5.81. The first kappa shape index (κ1) is 10.3. The first-order chi connectivity index (χ1) is 5.94. The Morgan fingerprint density at radius 1 is 1.54 bits per heavy atom. The van der Waals surface area contributed by atoms with Gasteiger partial charge in [0.25, 0.3) is 0 Å². The van der Waals surface area contributed by atoms with E-state index in [0.29, 0.717) is 11.3 Å². The topological polar surface area (TPSA) is 26.3 Å². The van der Waals surface area contributed by atoms with Crippen LogP contribution in [0.3, 0.4) is 0 Å². The predicted octanol–water partition coefficient (Wildman–Crippen LogP) is 2.54. The molecule has 2 heteroatoms. The first-order valence-corrected chi connectivity index (χ1v) is 4.78. The van der Waals surface area contributed by atoms with Crippen molar-refractivity contribution in [3.05, 3.63) is 12.7 Å².